The number of aliphatic hydroxyl groups is 1. The van der Waals surface area contributed by atoms with Crippen LogP contribution < -0.4 is 5.32 Å². The lowest BCUT2D eigenvalue weighted by molar-refractivity contribution is -0.137. The van der Waals surface area contributed by atoms with Crippen LogP contribution in [0, 0.1) is 5.92 Å². The van der Waals surface area contributed by atoms with E-state index in [1.54, 1.807) is 0 Å². The number of urea groups is 1. The lowest BCUT2D eigenvalue weighted by atomic mass is 9.72. The van der Waals surface area contributed by atoms with Crippen molar-refractivity contribution in [3.63, 3.8) is 0 Å². The zero-order chi connectivity index (χ0) is 16.2. The molecule has 3 atom stereocenters. The standard InChI is InChI=1S/C16H28N2O4/c1-16(22)9-3-2-6-12(16)13-7-5-11-18(13)15(21)17-10-4-8-14(19)20/h12-13,22H,2-11H2,1H3,(H,17,21)(H,19,20). The number of hydrogen-bond donors (Lipinski definition) is 3. The quantitative estimate of drug-likeness (QED) is 0.677. The van der Waals surface area contributed by atoms with Crippen LogP contribution in [-0.4, -0.2) is 51.8 Å². The first-order valence-electron chi connectivity index (χ1n) is 8.40. The van der Waals surface area contributed by atoms with Crippen molar-refractivity contribution in [2.45, 2.75) is 69.9 Å². The van der Waals surface area contributed by atoms with Crippen LogP contribution in [0.15, 0.2) is 0 Å². The zero-order valence-corrected chi connectivity index (χ0v) is 13.4. The van der Waals surface area contributed by atoms with Gasteiger partial charge in [-0.3, -0.25) is 4.79 Å². The van der Waals surface area contributed by atoms with E-state index in [1.807, 2.05) is 11.8 Å². The monoisotopic (exact) mass is 312 g/mol. The van der Waals surface area contributed by atoms with E-state index in [0.717, 1.165) is 45.1 Å². The molecular formula is C16H28N2O4. The van der Waals surface area contributed by atoms with Gasteiger partial charge in [0.2, 0.25) is 0 Å². The van der Waals surface area contributed by atoms with Crippen LogP contribution in [0.5, 0.6) is 0 Å². The molecule has 1 heterocycles. The number of rotatable bonds is 5. The molecule has 6 nitrogen and oxygen atoms in total. The number of nitrogens with zero attached hydrogens (tertiary/aromatic N) is 1. The average molecular weight is 312 g/mol. The number of carboxylic acid groups (broad SMARTS) is 1. The van der Waals surface area contributed by atoms with Crippen molar-refractivity contribution in [3.8, 4) is 0 Å². The van der Waals surface area contributed by atoms with E-state index >= 15 is 0 Å². The van der Waals surface area contributed by atoms with E-state index in [9.17, 15) is 14.7 Å². The molecule has 0 aromatic heterocycles. The summed E-state index contributed by atoms with van der Waals surface area (Å²) < 4.78 is 0. The third-order valence-corrected chi connectivity index (χ3v) is 5.12. The van der Waals surface area contributed by atoms with Gasteiger partial charge >= 0.3 is 12.0 Å². The van der Waals surface area contributed by atoms with Gasteiger partial charge in [-0.25, -0.2) is 4.79 Å². The third kappa shape index (κ3) is 4.12. The minimum Gasteiger partial charge on any atom is -0.481 e. The molecule has 0 radical (unpaired) electrons. The molecule has 3 N–H and O–H groups in total. The second-order valence-corrected chi connectivity index (χ2v) is 6.84. The number of carbonyl (C=O) groups excluding carboxylic acids is 1. The Kier molecular flexibility index (Phi) is 5.67. The van der Waals surface area contributed by atoms with Gasteiger partial charge < -0.3 is 20.4 Å². The zero-order valence-electron chi connectivity index (χ0n) is 13.4. The summed E-state index contributed by atoms with van der Waals surface area (Å²) in [6, 6.07) is -0.0102. The van der Waals surface area contributed by atoms with E-state index in [0.29, 0.717) is 13.0 Å². The fourth-order valence-electron chi connectivity index (χ4n) is 3.95. The molecule has 6 heteroatoms. The minimum absolute atomic E-state index is 0.0705. The molecule has 0 aromatic carbocycles. The van der Waals surface area contributed by atoms with Crippen molar-refractivity contribution in [2.24, 2.45) is 5.92 Å². The highest BCUT2D eigenvalue weighted by molar-refractivity contribution is 5.75. The number of carbonyl (C=O) groups is 2. The van der Waals surface area contributed by atoms with Gasteiger partial charge in [-0.05, 0) is 39.0 Å². The summed E-state index contributed by atoms with van der Waals surface area (Å²) in [6.07, 6.45) is 6.39. The van der Waals surface area contributed by atoms with Crippen molar-refractivity contribution in [2.75, 3.05) is 13.1 Å². The number of hydrogen-bond acceptors (Lipinski definition) is 3. The summed E-state index contributed by atoms with van der Waals surface area (Å²) in [5.74, 6) is -0.694. The Morgan fingerprint density at radius 3 is 2.73 bits per heavy atom. The SMILES string of the molecule is CC1(O)CCCCC1C1CCCN1C(=O)NCCCC(=O)O. The normalized spacial score (nSPS) is 32.0. The highest BCUT2D eigenvalue weighted by Gasteiger charge is 2.44. The predicted molar refractivity (Wildman–Crippen MR) is 82.6 cm³/mol. The van der Waals surface area contributed by atoms with Crippen LogP contribution in [0.4, 0.5) is 4.79 Å². The van der Waals surface area contributed by atoms with Crippen LogP contribution in [-0.2, 0) is 4.79 Å². The van der Waals surface area contributed by atoms with Gasteiger partial charge in [0, 0.05) is 31.5 Å². The van der Waals surface area contributed by atoms with Crippen molar-refractivity contribution in [1.29, 1.82) is 0 Å². The van der Waals surface area contributed by atoms with Gasteiger partial charge in [0.1, 0.15) is 0 Å². The van der Waals surface area contributed by atoms with Crippen molar-refractivity contribution in [3.05, 3.63) is 0 Å². The maximum absolute atomic E-state index is 12.3. The maximum Gasteiger partial charge on any atom is 0.317 e. The number of likely N-dealkylation sites (tertiary alicyclic amines) is 1. The van der Waals surface area contributed by atoms with Gasteiger partial charge in [0.05, 0.1) is 5.60 Å². The summed E-state index contributed by atoms with van der Waals surface area (Å²) in [7, 11) is 0. The van der Waals surface area contributed by atoms with E-state index in [-0.39, 0.29) is 24.4 Å². The summed E-state index contributed by atoms with van der Waals surface area (Å²) >= 11 is 0. The van der Waals surface area contributed by atoms with Crippen LogP contribution in [0.2, 0.25) is 0 Å². The van der Waals surface area contributed by atoms with Crippen molar-refractivity contribution >= 4 is 12.0 Å². The summed E-state index contributed by atoms with van der Waals surface area (Å²) in [6.45, 7) is 3.01. The molecule has 1 aliphatic heterocycles. The molecule has 2 amide bonds. The molecule has 2 rings (SSSR count). The molecule has 2 fully saturated rings. The molecule has 1 saturated carbocycles. The molecule has 0 bridgehead atoms. The molecule has 22 heavy (non-hydrogen) atoms. The molecule has 1 aliphatic carbocycles. The van der Waals surface area contributed by atoms with E-state index in [2.05, 4.69) is 5.32 Å². The molecule has 0 spiro atoms. The van der Waals surface area contributed by atoms with Crippen molar-refractivity contribution < 1.29 is 19.8 Å². The molecule has 1 saturated heterocycles. The number of amides is 2. The topological polar surface area (TPSA) is 89.9 Å². The smallest absolute Gasteiger partial charge is 0.317 e. The van der Waals surface area contributed by atoms with Crippen LogP contribution >= 0.6 is 0 Å². The fraction of sp³-hybridized carbons (Fsp3) is 0.875. The van der Waals surface area contributed by atoms with Crippen LogP contribution in [0.1, 0.15) is 58.3 Å². The molecular weight excluding hydrogens is 284 g/mol. The number of carboxylic acids is 1. The highest BCUT2D eigenvalue weighted by atomic mass is 16.4. The second-order valence-electron chi connectivity index (χ2n) is 6.84. The largest absolute Gasteiger partial charge is 0.481 e. The number of aliphatic carboxylic acids is 1. The van der Waals surface area contributed by atoms with Gasteiger partial charge in [-0.2, -0.15) is 0 Å². The van der Waals surface area contributed by atoms with Gasteiger partial charge in [0.15, 0.2) is 0 Å². The molecule has 0 aromatic rings. The summed E-state index contributed by atoms with van der Waals surface area (Å²) in [5.41, 5.74) is -0.685. The average Bonchev–Trinajstić information content (AvgIpc) is 2.91. The Hall–Kier alpha value is -1.30. The fourth-order valence-corrected chi connectivity index (χ4v) is 3.95. The first-order chi connectivity index (χ1) is 10.4. The van der Waals surface area contributed by atoms with Crippen molar-refractivity contribution in [1.82, 2.24) is 10.2 Å². The molecule has 3 unspecified atom stereocenters. The van der Waals surface area contributed by atoms with E-state index in [1.165, 1.54) is 0 Å². The Balaban J connectivity index is 1.89. The third-order valence-electron chi connectivity index (χ3n) is 5.12. The van der Waals surface area contributed by atoms with Crippen LogP contribution in [0.25, 0.3) is 0 Å². The predicted octanol–water partition coefficient (Wildman–Crippen LogP) is 1.97. The molecule has 126 valence electrons. The Labute approximate surface area is 131 Å². The summed E-state index contributed by atoms with van der Waals surface area (Å²) in [5, 5.41) is 22.1. The van der Waals surface area contributed by atoms with Crippen LogP contribution in [0.3, 0.4) is 0 Å². The highest BCUT2D eigenvalue weighted by Crippen LogP contribution is 2.40. The van der Waals surface area contributed by atoms with E-state index < -0.39 is 11.6 Å². The Morgan fingerprint density at radius 1 is 1.27 bits per heavy atom. The second kappa shape index (κ2) is 7.31. The van der Waals surface area contributed by atoms with Gasteiger partial charge in [0.25, 0.3) is 0 Å². The first kappa shape index (κ1) is 17.1. The Morgan fingerprint density at radius 2 is 2.05 bits per heavy atom. The number of nitrogens with one attached hydrogen (secondary N) is 1. The lowest BCUT2D eigenvalue weighted by Crippen LogP contribution is -2.52. The lowest BCUT2D eigenvalue weighted by Gasteiger charge is -2.43. The first-order valence-corrected chi connectivity index (χ1v) is 8.40. The molecule has 2 aliphatic rings. The minimum atomic E-state index is -0.841. The van der Waals surface area contributed by atoms with Gasteiger partial charge in [-0.1, -0.05) is 12.8 Å². The summed E-state index contributed by atoms with van der Waals surface area (Å²) in [4.78, 5) is 24.7. The van der Waals surface area contributed by atoms with Gasteiger partial charge in [-0.15, -0.1) is 0 Å². The van der Waals surface area contributed by atoms with E-state index in [4.69, 9.17) is 5.11 Å². The maximum atomic E-state index is 12.3. The Bertz CT molecular complexity index is 411.